The van der Waals surface area contributed by atoms with E-state index in [0.29, 0.717) is 26.3 Å². The molecule has 2 rings (SSSR count). The van der Waals surface area contributed by atoms with E-state index in [4.69, 9.17) is 4.74 Å². The van der Waals surface area contributed by atoms with Gasteiger partial charge < -0.3 is 9.64 Å². The molecular formula is C13H14INO2. The first-order chi connectivity index (χ1) is 8.25. The van der Waals surface area contributed by atoms with Crippen LogP contribution in [-0.2, 0) is 9.53 Å². The van der Waals surface area contributed by atoms with Crippen molar-refractivity contribution in [3.8, 4) is 0 Å². The summed E-state index contributed by atoms with van der Waals surface area (Å²) in [5.74, 6) is 0.0619. The van der Waals surface area contributed by atoms with Crippen LogP contribution in [0.3, 0.4) is 0 Å². The van der Waals surface area contributed by atoms with Gasteiger partial charge in [0.25, 0.3) is 0 Å². The van der Waals surface area contributed by atoms with E-state index in [-0.39, 0.29) is 5.91 Å². The van der Waals surface area contributed by atoms with E-state index in [0.717, 1.165) is 5.56 Å². The highest BCUT2D eigenvalue weighted by molar-refractivity contribution is 14.1. The molecule has 1 heterocycles. The average molecular weight is 343 g/mol. The lowest BCUT2D eigenvalue weighted by Gasteiger charge is -2.25. The van der Waals surface area contributed by atoms with E-state index >= 15 is 0 Å². The molecule has 1 aromatic rings. The van der Waals surface area contributed by atoms with E-state index < -0.39 is 0 Å². The molecule has 17 heavy (non-hydrogen) atoms. The first kappa shape index (κ1) is 12.6. The van der Waals surface area contributed by atoms with Crippen molar-refractivity contribution in [3.63, 3.8) is 0 Å². The van der Waals surface area contributed by atoms with Crippen LogP contribution in [0.1, 0.15) is 5.56 Å². The van der Waals surface area contributed by atoms with Crippen LogP contribution in [0.5, 0.6) is 0 Å². The summed E-state index contributed by atoms with van der Waals surface area (Å²) in [5.41, 5.74) is 1.05. The summed E-state index contributed by atoms with van der Waals surface area (Å²) in [5, 5.41) is 0. The fraction of sp³-hybridized carbons (Fsp3) is 0.308. The maximum atomic E-state index is 11.8. The molecule has 0 bridgehead atoms. The number of carbonyl (C=O) groups excluding carboxylic acids is 1. The molecule has 4 heteroatoms. The Kier molecular flexibility index (Phi) is 4.56. The van der Waals surface area contributed by atoms with Crippen LogP contribution in [-0.4, -0.2) is 37.1 Å². The standard InChI is InChI=1S/C13H14INO2/c14-12-4-1-11(2-5-12)3-6-13(16)15-7-9-17-10-8-15/h1-6H,7-10H2. The van der Waals surface area contributed by atoms with Crippen LogP contribution in [0.2, 0.25) is 0 Å². The second-order valence-corrected chi connectivity index (χ2v) is 5.07. The summed E-state index contributed by atoms with van der Waals surface area (Å²) in [6.07, 6.45) is 3.49. The van der Waals surface area contributed by atoms with Gasteiger partial charge in [-0.1, -0.05) is 12.1 Å². The van der Waals surface area contributed by atoms with Crippen LogP contribution in [0, 0.1) is 3.57 Å². The number of hydrogen-bond donors (Lipinski definition) is 0. The van der Waals surface area contributed by atoms with Gasteiger partial charge in [-0.25, -0.2) is 0 Å². The molecule has 1 aromatic carbocycles. The zero-order chi connectivity index (χ0) is 12.1. The lowest BCUT2D eigenvalue weighted by molar-refractivity contribution is -0.129. The zero-order valence-electron chi connectivity index (χ0n) is 9.43. The molecule has 1 amide bonds. The Balaban J connectivity index is 1.95. The van der Waals surface area contributed by atoms with Crippen molar-refractivity contribution < 1.29 is 9.53 Å². The number of rotatable bonds is 2. The summed E-state index contributed by atoms with van der Waals surface area (Å²) in [6, 6.07) is 8.06. The van der Waals surface area contributed by atoms with Gasteiger partial charge in [0.1, 0.15) is 0 Å². The number of nitrogens with zero attached hydrogens (tertiary/aromatic N) is 1. The lowest BCUT2D eigenvalue weighted by atomic mass is 10.2. The molecular weight excluding hydrogens is 329 g/mol. The Labute approximate surface area is 115 Å². The number of morpholine rings is 1. The van der Waals surface area contributed by atoms with Gasteiger partial charge in [0.05, 0.1) is 13.2 Å². The van der Waals surface area contributed by atoms with Crippen molar-refractivity contribution >= 4 is 34.6 Å². The van der Waals surface area contributed by atoms with E-state index in [2.05, 4.69) is 22.6 Å². The Bertz CT molecular complexity index is 408. The quantitative estimate of drug-likeness (QED) is 0.609. The molecule has 0 N–H and O–H groups in total. The third-order valence-electron chi connectivity index (χ3n) is 2.61. The molecule has 90 valence electrons. The highest BCUT2D eigenvalue weighted by atomic mass is 127. The van der Waals surface area contributed by atoms with Crippen molar-refractivity contribution in [2.24, 2.45) is 0 Å². The SMILES string of the molecule is O=C(C=Cc1ccc(I)cc1)N1CCOCC1. The van der Waals surface area contributed by atoms with Gasteiger partial charge >= 0.3 is 0 Å². The smallest absolute Gasteiger partial charge is 0.246 e. The van der Waals surface area contributed by atoms with E-state index in [1.54, 1.807) is 6.08 Å². The van der Waals surface area contributed by atoms with Crippen LogP contribution in [0.25, 0.3) is 6.08 Å². The van der Waals surface area contributed by atoms with Crippen molar-refractivity contribution in [1.82, 2.24) is 4.90 Å². The number of halogens is 1. The molecule has 0 unspecified atom stereocenters. The Morgan fingerprint density at radius 2 is 1.88 bits per heavy atom. The summed E-state index contributed by atoms with van der Waals surface area (Å²) in [6.45, 7) is 2.66. The fourth-order valence-corrected chi connectivity index (χ4v) is 1.99. The fourth-order valence-electron chi connectivity index (χ4n) is 1.63. The molecule has 1 aliphatic rings. The molecule has 3 nitrogen and oxygen atoms in total. The van der Waals surface area contributed by atoms with Gasteiger partial charge in [-0.2, -0.15) is 0 Å². The number of hydrogen-bond acceptors (Lipinski definition) is 2. The maximum absolute atomic E-state index is 11.8. The number of ether oxygens (including phenoxy) is 1. The average Bonchev–Trinajstić information content (AvgIpc) is 2.39. The van der Waals surface area contributed by atoms with Crippen molar-refractivity contribution in [2.45, 2.75) is 0 Å². The van der Waals surface area contributed by atoms with Crippen LogP contribution in [0.15, 0.2) is 30.3 Å². The monoisotopic (exact) mass is 343 g/mol. The topological polar surface area (TPSA) is 29.5 Å². The van der Waals surface area contributed by atoms with E-state index in [9.17, 15) is 4.79 Å². The van der Waals surface area contributed by atoms with E-state index in [1.165, 1.54) is 3.57 Å². The van der Waals surface area contributed by atoms with Crippen molar-refractivity contribution in [2.75, 3.05) is 26.3 Å². The highest BCUT2D eigenvalue weighted by Crippen LogP contribution is 2.08. The minimum absolute atomic E-state index is 0.0619. The molecule has 0 aromatic heterocycles. The predicted octanol–water partition coefficient (Wildman–Crippen LogP) is 2.16. The van der Waals surface area contributed by atoms with Gasteiger partial charge in [0, 0.05) is 22.7 Å². The summed E-state index contributed by atoms with van der Waals surface area (Å²) in [7, 11) is 0. The van der Waals surface area contributed by atoms with Crippen LogP contribution >= 0.6 is 22.6 Å². The number of benzene rings is 1. The molecule has 1 saturated heterocycles. The third-order valence-corrected chi connectivity index (χ3v) is 3.33. The summed E-state index contributed by atoms with van der Waals surface area (Å²) >= 11 is 2.26. The minimum atomic E-state index is 0.0619. The Morgan fingerprint density at radius 1 is 1.24 bits per heavy atom. The van der Waals surface area contributed by atoms with E-state index in [1.807, 2.05) is 35.2 Å². The number of carbonyl (C=O) groups is 1. The van der Waals surface area contributed by atoms with Gasteiger partial charge in [-0.3, -0.25) is 4.79 Å². The van der Waals surface area contributed by atoms with Crippen LogP contribution < -0.4 is 0 Å². The molecule has 0 saturated carbocycles. The molecule has 1 aliphatic heterocycles. The number of amides is 1. The minimum Gasteiger partial charge on any atom is -0.378 e. The summed E-state index contributed by atoms with van der Waals surface area (Å²) < 4.78 is 6.40. The van der Waals surface area contributed by atoms with Crippen LogP contribution in [0.4, 0.5) is 0 Å². The third kappa shape index (κ3) is 3.81. The largest absolute Gasteiger partial charge is 0.378 e. The zero-order valence-corrected chi connectivity index (χ0v) is 11.6. The first-order valence-corrected chi connectivity index (χ1v) is 6.64. The van der Waals surface area contributed by atoms with Gasteiger partial charge in [-0.05, 0) is 46.4 Å². The second kappa shape index (κ2) is 6.16. The Hall–Kier alpha value is -0.880. The molecule has 0 spiro atoms. The highest BCUT2D eigenvalue weighted by Gasteiger charge is 2.13. The molecule has 0 radical (unpaired) electrons. The normalized spacial score (nSPS) is 16.4. The molecule has 0 atom stereocenters. The van der Waals surface area contributed by atoms with Crippen molar-refractivity contribution in [1.29, 1.82) is 0 Å². The molecule has 0 aliphatic carbocycles. The van der Waals surface area contributed by atoms with Crippen molar-refractivity contribution in [3.05, 3.63) is 39.5 Å². The molecule has 1 fully saturated rings. The Morgan fingerprint density at radius 3 is 2.53 bits per heavy atom. The lowest BCUT2D eigenvalue weighted by Crippen LogP contribution is -2.39. The first-order valence-electron chi connectivity index (χ1n) is 5.56. The van der Waals surface area contributed by atoms with Gasteiger partial charge in [-0.15, -0.1) is 0 Å². The second-order valence-electron chi connectivity index (χ2n) is 3.82. The van der Waals surface area contributed by atoms with Gasteiger partial charge in [0.15, 0.2) is 0 Å². The van der Waals surface area contributed by atoms with Gasteiger partial charge in [0.2, 0.25) is 5.91 Å². The summed E-state index contributed by atoms with van der Waals surface area (Å²) in [4.78, 5) is 13.6. The maximum Gasteiger partial charge on any atom is 0.246 e. The predicted molar refractivity (Wildman–Crippen MR) is 75.6 cm³/mol.